The van der Waals surface area contributed by atoms with Gasteiger partial charge in [0.25, 0.3) is 0 Å². The van der Waals surface area contributed by atoms with Gasteiger partial charge in [-0.05, 0) is 44.9 Å². The molecule has 3 rings (SSSR count). The first-order valence-corrected chi connectivity index (χ1v) is 8.81. The largest absolute Gasteiger partial charge is 0.252 e. The molecule has 3 nitrogen and oxygen atoms in total. The molecule has 0 saturated heterocycles. The van der Waals surface area contributed by atoms with Gasteiger partial charge in [-0.1, -0.05) is 47.5 Å². The highest BCUT2D eigenvalue weighted by Crippen LogP contribution is 2.28. The maximum atomic E-state index is 4.66. The second-order valence-electron chi connectivity index (χ2n) is 6.03. The van der Waals surface area contributed by atoms with E-state index >= 15 is 0 Å². The SMILES string of the molecule is CC(=NNc1nc(-c2cc(C)ccc2C)cs1)c1ccc(C)cc1. The number of anilines is 1. The summed E-state index contributed by atoms with van der Waals surface area (Å²) in [6.45, 7) is 8.29. The van der Waals surface area contributed by atoms with Gasteiger partial charge >= 0.3 is 0 Å². The van der Waals surface area contributed by atoms with Crippen LogP contribution in [0.5, 0.6) is 0 Å². The second-order valence-corrected chi connectivity index (χ2v) is 6.89. The third-order valence-corrected chi connectivity index (χ3v) is 4.71. The van der Waals surface area contributed by atoms with E-state index in [0.717, 1.165) is 22.1 Å². The molecule has 3 aromatic rings. The van der Waals surface area contributed by atoms with E-state index in [1.54, 1.807) is 11.3 Å². The van der Waals surface area contributed by atoms with Gasteiger partial charge in [-0.15, -0.1) is 11.3 Å². The molecule has 0 aliphatic rings. The van der Waals surface area contributed by atoms with E-state index in [1.807, 2.05) is 6.92 Å². The monoisotopic (exact) mass is 335 g/mol. The van der Waals surface area contributed by atoms with Gasteiger partial charge in [0, 0.05) is 10.9 Å². The van der Waals surface area contributed by atoms with Crippen molar-refractivity contribution in [1.82, 2.24) is 4.98 Å². The van der Waals surface area contributed by atoms with Crippen LogP contribution in [0.2, 0.25) is 0 Å². The summed E-state index contributed by atoms with van der Waals surface area (Å²) in [6.07, 6.45) is 0. The molecular formula is C20H21N3S. The Kier molecular flexibility index (Phi) is 4.76. The minimum atomic E-state index is 0.803. The van der Waals surface area contributed by atoms with Gasteiger partial charge < -0.3 is 0 Å². The smallest absolute Gasteiger partial charge is 0.203 e. The van der Waals surface area contributed by atoms with Crippen LogP contribution in [0.15, 0.2) is 52.9 Å². The molecule has 1 heterocycles. The van der Waals surface area contributed by atoms with Crippen molar-refractivity contribution in [3.05, 3.63) is 70.1 Å². The fourth-order valence-electron chi connectivity index (χ4n) is 2.45. The highest BCUT2D eigenvalue weighted by atomic mass is 32.1. The fourth-order valence-corrected chi connectivity index (χ4v) is 3.10. The number of hydrazone groups is 1. The second kappa shape index (κ2) is 6.97. The van der Waals surface area contributed by atoms with E-state index in [2.05, 4.69) is 84.1 Å². The minimum absolute atomic E-state index is 0.803. The number of benzene rings is 2. The summed E-state index contributed by atoms with van der Waals surface area (Å²) in [5.41, 5.74) is 11.0. The van der Waals surface area contributed by atoms with Crippen LogP contribution in [0.1, 0.15) is 29.2 Å². The molecule has 122 valence electrons. The van der Waals surface area contributed by atoms with Crippen LogP contribution in [-0.2, 0) is 0 Å². The van der Waals surface area contributed by atoms with E-state index in [1.165, 1.54) is 22.3 Å². The van der Waals surface area contributed by atoms with Crippen LogP contribution in [0.4, 0.5) is 5.13 Å². The van der Waals surface area contributed by atoms with Crippen molar-refractivity contribution >= 4 is 22.2 Å². The lowest BCUT2D eigenvalue weighted by Crippen LogP contribution is -1.99. The summed E-state index contributed by atoms with van der Waals surface area (Å²) in [5.74, 6) is 0. The summed E-state index contributed by atoms with van der Waals surface area (Å²) in [4.78, 5) is 4.66. The molecule has 24 heavy (non-hydrogen) atoms. The Hall–Kier alpha value is -2.46. The molecule has 0 amide bonds. The summed E-state index contributed by atoms with van der Waals surface area (Å²) in [5, 5.41) is 7.33. The molecular weight excluding hydrogens is 314 g/mol. The van der Waals surface area contributed by atoms with Gasteiger partial charge in [0.05, 0.1) is 11.4 Å². The van der Waals surface area contributed by atoms with Crippen molar-refractivity contribution in [2.24, 2.45) is 5.10 Å². The normalized spacial score (nSPS) is 11.6. The molecule has 1 aromatic heterocycles. The highest BCUT2D eigenvalue weighted by Gasteiger charge is 2.07. The predicted molar refractivity (Wildman–Crippen MR) is 104 cm³/mol. The van der Waals surface area contributed by atoms with Crippen molar-refractivity contribution < 1.29 is 0 Å². The molecule has 0 radical (unpaired) electrons. The molecule has 0 aliphatic heterocycles. The Balaban J connectivity index is 1.77. The standard InChI is InChI=1S/C20H21N3S/c1-13-6-9-17(10-7-13)16(4)22-23-20-21-19(12-24-20)18-11-14(2)5-8-15(18)3/h5-12H,1-4H3,(H,21,23). The van der Waals surface area contributed by atoms with Gasteiger partial charge in [0.1, 0.15) is 0 Å². The average molecular weight is 335 g/mol. The van der Waals surface area contributed by atoms with Crippen molar-refractivity contribution in [3.63, 3.8) is 0 Å². The highest BCUT2D eigenvalue weighted by molar-refractivity contribution is 7.14. The Morgan fingerprint density at radius 1 is 1.00 bits per heavy atom. The van der Waals surface area contributed by atoms with Gasteiger partial charge in [0.2, 0.25) is 5.13 Å². The fraction of sp³-hybridized carbons (Fsp3) is 0.200. The maximum Gasteiger partial charge on any atom is 0.203 e. The molecule has 4 heteroatoms. The first-order chi connectivity index (χ1) is 11.5. The van der Waals surface area contributed by atoms with Crippen molar-refractivity contribution in [2.45, 2.75) is 27.7 Å². The zero-order chi connectivity index (χ0) is 17.1. The number of nitrogens with one attached hydrogen (secondary N) is 1. The molecule has 0 fully saturated rings. The predicted octanol–water partition coefficient (Wildman–Crippen LogP) is 5.57. The Morgan fingerprint density at radius 2 is 1.71 bits per heavy atom. The van der Waals surface area contributed by atoms with Crippen molar-refractivity contribution in [3.8, 4) is 11.3 Å². The number of rotatable bonds is 4. The molecule has 0 bridgehead atoms. The topological polar surface area (TPSA) is 37.3 Å². The molecule has 2 aromatic carbocycles. The van der Waals surface area contributed by atoms with Gasteiger partial charge in [-0.25, -0.2) is 4.98 Å². The Bertz CT molecular complexity index is 876. The van der Waals surface area contributed by atoms with Crippen LogP contribution in [0, 0.1) is 20.8 Å². The number of aryl methyl sites for hydroxylation is 3. The Labute approximate surface area is 147 Å². The van der Waals surface area contributed by atoms with Crippen LogP contribution in [0.3, 0.4) is 0 Å². The summed E-state index contributed by atoms with van der Waals surface area (Å²) in [6, 6.07) is 14.8. The Morgan fingerprint density at radius 3 is 2.46 bits per heavy atom. The zero-order valence-corrected chi connectivity index (χ0v) is 15.2. The third-order valence-electron chi connectivity index (χ3n) is 3.96. The molecule has 0 unspecified atom stereocenters. The first-order valence-electron chi connectivity index (χ1n) is 7.93. The van der Waals surface area contributed by atoms with Crippen LogP contribution < -0.4 is 5.43 Å². The van der Waals surface area contributed by atoms with Crippen molar-refractivity contribution in [1.29, 1.82) is 0 Å². The lowest BCUT2D eigenvalue weighted by atomic mass is 10.0. The first kappa shape index (κ1) is 16.4. The number of thiazole rings is 1. The maximum absolute atomic E-state index is 4.66. The number of hydrogen-bond donors (Lipinski definition) is 1. The molecule has 0 spiro atoms. The number of nitrogens with zero attached hydrogens (tertiary/aromatic N) is 2. The molecule has 0 atom stereocenters. The summed E-state index contributed by atoms with van der Waals surface area (Å²) >= 11 is 1.57. The van der Waals surface area contributed by atoms with Gasteiger partial charge in [-0.3, -0.25) is 5.43 Å². The zero-order valence-electron chi connectivity index (χ0n) is 14.4. The lowest BCUT2D eigenvalue weighted by molar-refractivity contribution is 1.26. The average Bonchev–Trinajstić information content (AvgIpc) is 3.04. The van der Waals surface area contributed by atoms with Crippen molar-refractivity contribution in [2.75, 3.05) is 5.43 Å². The third kappa shape index (κ3) is 3.71. The minimum Gasteiger partial charge on any atom is -0.252 e. The molecule has 0 aliphatic carbocycles. The summed E-state index contributed by atoms with van der Waals surface area (Å²) in [7, 11) is 0. The number of hydrogen-bond acceptors (Lipinski definition) is 4. The van der Waals surface area contributed by atoms with Crippen LogP contribution in [0.25, 0.3) is 11.3 Å². The van der Waals surface area contributed by atoms with Crippen LogP contribution in [-0.4, -0.2) is 10.7 Å². The summed E-state index contributed by atoms with van der Waals surface area (Å²) < 4.78 is 0. The van der Waals surface area contributed by atoms with E-state index in [9.17, 15) is 0 Å². The van der Waals surface area contributed by atoms with E-state index in [4.69, 9.17) is 0 Å². The van der Waals surface area contributed by atoms with E-state index < -0.39 is 0 Å². The van der Waals surface area contributed by atoms with E-state index in [-0.39, 0.29) is 0 Å². The molecule has 0 saturated carbocycles. The number of aromatic nitrogens is 1. The molecule has 1 N–H and O–H groups in total. The quantitative estimate of drug-likeness (QED) is 0.500. The van der Waals surface area contributed by atoms with Gasteiger partial charge in [0.15, 0.2) is 0 Å². The van der Waals surface area contributed by atoms with Crippen LogP contribution >= 0.6 is 11.3 Å². The van der Waals surface area contributed by atoms with Gasteiger partial charge in [-0.2, -0.15) is 5.10 Å². The van der Waals surface area contributed by atoms with E-state index in [0.29, 0.717) is 0 Å². The lowest BCUT2D eigenvalue weighted by Gasteiger charge is -2.04.